The van der Waals surface area contributed by atoms with Crippen LogP contribution in [0.25, 0.3) is 0 Å². The minimum Gasteiger partial charge on any atom is -0.493 e. The second-order valence-corrected chi connectivity index (χ2v) is 6.78. The molecule has 6 heteroatoms. The van der Waals surface area contributed by atoms with Gasteiger partial charge in [-0.1, -0.05) is 30.3 Å². The molecule has 0 spiro atoms. The number of amides is 2. The van der Waals surface area contributed by atoms with Crippen molar-refractivity contribution in [3.8, 4) is 11.5 Å². The summed E-state index contributed by atoms with van der Waals surface area (Å²) >= 11 is 0. The van der Waals surface area contributed by atoms with Gasteiger partial charge in [0.25, 0.3) is 0 Å². The fourth-order valence-electron chi connectivity index (χ4n) is 3.33. The van der Waals surface area contributed by atoms with Gasteiger partial charge >= 0.3 is 0 Å². The van der Waals surface area contributed by atoms with Crippen molar-refractivity contribution in [3.05, 3.63) is 54.6 Å². The van der Waals surface area contributed by atoms with E-state index >= 15 is 0 Å². The van der Waals surface area contributed by atoms with E-state index < -0.39 is 0 Å². The second kappa shape index (κ2) is 9.78. The predicted molar refractivity (Wildman–Crippen MR) is 107 cm³/mol. The maximum atomic E-state index is 12.6. The topological polar surface area (TPSA) is 67.9 Å². The lowest BCUT2D eigenvalue weighted by Crippen LogP contribution is -2.44. The first-order chi connectivity index (χ1) is 13.7. The molecule has 1 fully saturated rings. The number of benzene rings is 2. The number of anilines is 1. The SMILES string of the molecule is COc1ccccc1OCCC(=O)N1CCCC(C(=O)Nc2ccccc2)C1. The smallest absolute Gasteiger partial charge is 0.229 e. The molecule has 1 N–H and O–H groups in total. The average molecular weight is 382 g/mol. The molecule has 0 saturated carbocycles. The van der Waals surface area contributed by atoms with Crippen LogP contribution in [0.15, 0.2) is 54.6 Å². The third-order valence-corrected chi connectivity index (χ3v) is 4.83. The minimum absolute atomic E-state index is 0.00658. The predicted octanol–water partition coefficient (Wildman–Crippen LogP) is 3.34. The molecule has 1 aliphatic heterocycles. The molecule has 1 aliphatic rings. The van der Waals surface area contributed by atoms with Crippen LogP contribution in [0.2, 0.25) is 0 Å². The van der Waals surface area contributed by atoms with Crippen molar-refractivity contribution in [1.29, 1.82) is 0 Å². The summed E-state index contributed by atoms with van der Waals surface area (Å²) in [6, 6.07) is 16.8. The van der Waals surface area contributed by atoms with Crippen molar-refractivity contribution in [2.45, 2.75) is 19.3 Å². The van der Waals surface area contributed by atoms with Crippen LogP contribution < -0.4 is 14.8 Å². The third kappa shape index (κ3) is 5.25. The molecular weight excluding hydrogens is 356 g/mol. The van der Waals surface area contributed by atoms with Gasteiger partial charge in [0.15, 0.2) is 11.5 Å². The molecule has 6 nitrogen and oxygen atoms in total. The van der Waals surface area contributed by atoms with Crippen LogP contribution in [0.4, 0.5) is 5.69 Å². The molecule has 0 aliphatic carbocycles. The van der Waals surface area contributed by atoms with E-state index in [0.29, 0.717) is 24.6 Å². The maximum Gasteiger partial charge on any atom is 0.229 e. The van der Waals surface area contributed by atoms with E-state index in [1.165, 1.54) is 0 Å². The summed E-state index contributed by atoms with van der Waals surface area (Å²) in [6.45, 7) is 1.41. The standard InChI is InChI=1S/C22H26N2O4/c1-27-19-11-5-6-12-20(19)28-15-13-21(25)24-14-7-8-17(16-24)22(26)23-18-9-3-2-4-10-18/h2-6,9-12,17H,7-8,13-16H2,1H3,(H,23,26). The normalized spacial score (nSPS) is 16.3. The van der Waals surface area contributed by atoms with Crippen LogP contribution in [-0.2, 0) is 9.59 Å². The number of para-hydroxylation sites is 3. The van der Waals surface area contributed by atoms with Crippen LogP contribution >= 0.6 is 0 Å². The van der Waals surface area contributed by atoms with Gasteiger partial charge in [-0.05, 0) is 37.1 Å². The van der Waals surface area contributed by atoms with Crippen molar-refractivity contribution in [1.82, 2.24) is 4.90 Å². The van der Waals surface area contributed by atoms with Gasteiger partial charge in [-0.15, -0.1) is 0 Å². The number of carbonyl (C=O) groups excluding carboxylic acids is 2. The molecule has 2 amide bonds. The van der Waals surface area contributed by atoms with Crippen LogP contribution in [0.5, 0.6) is 11.5 Å². The molecule has 2 aromatic rings. The molecule has 0 aromatic heterocycles. The second-order valence-electron chi connectivity index (χ2n) is 6.78. The van der Waals surface area contributed by atoms with Crippen molar-refractivity contribution in [3.63, 3.8) is 0 Å². The van der Waals surface area contributed by atoms with Gasteiger partial charge in [0.05, 0.1) is 26.1 Å². The highest BCUT2D eigenvalue weighted by Gasteiger charge is 2.28. The van der Waals surface area contributed by atoms with E-state index in [2.05, 4.69) is 5.32 Å². The molecule has 28 heavy (non-hydrogen) atoms. The van der Waals surface area contributed by atoms with Crippen molar-refractivity contribution >= 4 is 17.5 Å². The monoisotopic (exact) mass is 382 g/mol. The lowest BCUT2D eigenvalue weighted by molar-refractivity contribution is -0.135. The molecule has 1 atom stereocenters. The van der Waals surface area contributed by atoms with Crippen molar-refractivity contribution in [2.24, 2.45) is 5.92 Å². The number of hydrogen-bond acceptors (Lipinski definition) is 4. The zero-order valence-electron chi connectivity index (χ0n) is 16.1. The van der Waals surface area contributed by atoms with Crippen LogP contribution in [0.1, 0.15) is 19.3 Å². The molecule has 148 valence electrons. The Hall–Kier alpha value is -3.02. The first kappa shape index (κ1) is 19.7. The summed E-state index contributed by atoms with van der Waals surface area (Å²) < 4.78 is 10.9. The number of rotatable bonds is 7. The van der Waals surface area contributed by atoms with Crippen LogP contribution in [-0.4, -0.2) is 43.5 Å². The number of hydrogen-bond donors (Lipinski definition) is 1. The number of carbonyl (C=O) groups is 2. The first-order valence-corrected chi connectivity index (χ1v) is 9.57. The van der Waals surface area contributed by atoms with Crippen LogP contribution in [0.3, 0.4) is 0 Å². The molecular formula is C22H26N2O4. The van der Waals surface area contributed by atoms with E-state index in [1.807, 2.05) is 54.6 Å². The van der Waals surface area contributed by atoms with E-state index in [1.54, 1.807) is 12.0 Å². The highest BCUT2D eigenvalue weighted by molar-refractivity contribution is 5.93. The molecule has 1 heterocycles. The molecule has 3 rings (SSSR count). The summed E-state index contributed by atoms with van der Waals surface area (Å²) in [4.78, 5) is 26.8. The zero-order valence-corrected chi connectivity index (χ0v) is 16.1. The molecule has 1 saturated heterocycles. The Kier molecular flexibility index (Phi) is 6.89. The Balaban J connectivity index is 1.48. The highest BCUT2D eigenvalue weighted by Crippen LogP contribution is 2.26. The quantitative estimate of drug-likeness (QED) is 0.798. The first-order valence-electron chi connectivity index (χ1n) is 9.57. The summed E-state index contributed by atoms with van der Waals surface area (Å²) in [7, 11) is 1.59. The van der Waals surface area contributed by atoms with E-state index in [0.717, 1.165) is 18.5 Å². The van der Waals surface area contributed by atoms with Gasteiger partial charge in [-0.3, -0.25) is 9.59 Å². The van der Waals surface area contributed by atoms with E-state index in [-0.39, 0.29) is 30.8 Å². The third-order valence-electron chi connectivity index (χ3n) is 4.83. The lowest BCUT2D eigenvalue weighted by atomic mass is 9.96. The summed E-state index contributed by atoms with van der Waals surface area (Å²) in [5.41, 5.74) is 0.779. The van der Waals surface area contributed by atoms with Gasteiger partial charge in [0, 0.05) is 18.8 Å². The van der Waals surface area contributed by atoms with Gasteiger partial charge in [-0.2, -0.15) is 0 Å². The Morgan fingerprint density at radius 1 is 1.07 bits per heavy atom. The van der Waals surface area contributed by atoms with E-state index in [9.17, 15) is 9.59 Å². The largest absolute Gasteiger partial charge is 0.493 e. The minimum atomic E-state index is -0.187. The van der Waals surface area contributed by atoms with Crippen molar-refractivity contribution < 1.29 is 19.1 Å². The average Bonchev–Trinajstić information content (AvgIpc) is 2.75. The van der Waals surface area contributed by atoms with Gasteiger partial charge in [0.2, 0.25) is 11.8 Å². The highest BCUT2D eigenvalue weighted by atomic mass is 16.5. The van der Waals surface area contributed by atoms with Crippen molar-refractivity contribution in [2.75, 3.05) is 32.1 Å². The lowest BCUT2D eigenvalue weighted by Gasteiger charge is -2.32. The van der Waals surface area contributed by atoms with Gasteiger partial charge < -0.3 is 19.7 Å². The number of nitrogens with one attached hydrogen (secondary N) is 1. The number of likely N-dealkylation sites (tertiary alicyclic amines) is 1. The maximum absolute atomic E-state index is 12.6. The number of methoxy groups -OCH3 is 1. The molecule has 0 bridgehead atoms. The van der Waals surface area contributed by atoms with E-state index in [4.69, 9.17) is 9.47 Å². The fourth-order valence-corrected chi connectivity index (χ4v) is 3.33. The Morgan fingerprint density at radius 3 is 2.54 bits per heavy atom. The Labute approximate surface area is 165 Å². The Morgan fingerprint density at radius 2 is 1.79 bits per heavy atom. The van der Waals surface area contributed by atoms with Gasteiger partial charge in [0.1, 0.15) is 0 Å². The zero-order chi connectivity index (χ0) is 19.8. The molecule has 2 aromatic carbocycles. The Bertz CT molecular complexity index is 794. The number of ether oxygens (including phenoxy) is 2. The van der Waals surface area contributed by atoms with Crippen LogP contribution in [0, 0.1) is 5.92 Å². The number of piperidine rings is 1. The summed E-state index contributed by atoms with van der Waals surface area (Å²) in [5, 5.41) is 2.93. The summed E-state index contributed by atoms with van der Waals surface area (Å²) in [5.74, 6) is 1.05. The molecule has 0 radical (unpaired) electrons. The summed E-state index contributed by atoms with van der Waals surface area (Å²) in [6.07, 6.45) is 1.89. The fraction of sp³-hybridized carbons (Fsp3) is 0.364. The van der Waals surface area contributed by atoms with Gasteiger partial charge in [-0.25, -0.2) is 0 Å². The number of nitrogens with zero attached hydrogens (tertiary/aromatic N) is 1. The molecule has 1 unspecified atom stereocenters.